The van der Waals surface area contributed by atoms with Gasteiger partial charge in [-0.2, -0.15) is 0 Å². The number of rotatable bonds is 2. The monoisotopic (exact) mass is 252 g/mol. The molecule has 2 fully saturated rings. The fraction of sp³-hybridized carbons (Fsp3) is 0.889. The van der Waals surface area contributed by atoms with Gasteiger partial charge in [-0.3, -0.25) is 10.1 Å². The van der Waals surface area contributed by atoms with Crippen molar-refractivity contribution in [1.82, 2.24) is 10.6 Å². The first-order chi connectivity index (χ1) is 6.77. The predicted molar refractivity (Wildman–Crippen MR) is 63.5 cm³/mol. The third-order valence-corrected chi connectivity index (χ3v) is 3.68. The van der Waals surface area contributed by atoms with Crippen LogP contribution in [-0.4, -0.2) is 42.3 Å². The first kappa shape index (κ1) is 13.1. The molecule has 2 N–H and O–H groups in total. The summed E-state index contributed by atoms with van der Waals surface area (Å²) in [5.41, 5.74) is 0. The van der Waals surface area contributed by atoms with Gasteiger partial charge in [0.2, 0.25) is 5.91 Å². The van der Waals surface area contributed by atoms with Crippen LogP contribution in [0.4, 0.5) is 0 Å². The number of thioether (sulfide) groups is 1. The van der Waals surface area contributed by atoms with Crippen molar-refractivity contribution in [1.29, 1.82) is 0 Å². The number of hydrogen-bond acceptors (Lipinski definition) is 4. The van der Waals surface area contributed by atoms with E-state index in [0.717, 1.165) is 24.7 Å². The van der Waals surface area contributed by atoms with Crippen molar-refractivity contribution in [2.75, 3.05) is 18.2 Å². The van der Waals surface area contributed by atoms with Gasteiger partial charge in [0.15, 0.2) is 0 Å². The molecule has 0 radical (unpaired) electrons. The van der Waals surface area contributed by atoms with Crippen LogP contribution in [0.1, 0.15) is 13.3 Å². The van der Waals surface area contributed by atoms with Crippen molar-refractivity contribution in [2.24, 2.45) is 0 Å². The number of ether oxygens (including phenoxy) is 1. The molecular weight excluding hydrogens is 236 g/mol. The maximum atomic E-state index is 11.7. The highest BCUT2D eigenvalue weighted by molar-refractivity contribution is 7.99. The van der Waals surface area contributed by atoms with E-state index in [-0.39, 0.29) is 36.5 Å². The van der Waals surface area contributed by atoms with Gasteiger partial charge >= 0.3 is 0 Å². The number of carbonyl (C=O) groups excluding carboxylic acids is 1. The van der Waals surface area contributed by atoms with Crippen LogP contribution >= 0.6 is 24.2 Å². The fourth-order valence-electron chi connectivity index (χ4n) is 1.77. The lowest BCUT2D eigenvalue weighted by atomic mass is 10.1. The highest BCUT2D eigenvalue weighted by atomic mass is 35.5. The van der Waals surface area contributed by atoms with Gasteiger partial charge in [-0.25, -0.2) is 0 Å². The first-order valence-electron chi connectivity index (χ1n) is 5.00. The van der Waals surface area contributed by atoms with Gasteiger partial charge < -0.3 is 10.1 Å². The summed E-state index contributed by atoms with van der Waals surface area (Å²) in [4.78, 5) is 11.7. The van der Waals surface area contributed by atoms with Crippen molar-refractivity contribution in [2.45, 2.75) is 31.5 Å². The standard InChI is InChI=1S/C9H16N2O2S.ClH/c1-6-7(2-3-13-6)11-9(12)8-4-14-5-10-8;/h6-8,10H,2-5H2,1H3,(H,11,12);1H. The zero-order valence-electron chi connectivity index (χ0n) is 8.69. The summed E-state index contributed by atoms with van der Waals surface area (Å²) in [5, 5.41) is 6.19. The predicted octanol–water partition coefficient (Wildman–Crippen LogP) is 0.364. The molecule has 1 amide bonds. The average Bonchev–Trinajstić information content (AvgIpc) is 2.77. The van der Waals surface area contributed by atoms with Gasteiger partial charge in [-0.1, -0.05) is 0 Å². The normalized spacial score (nSPS) is 34.9. The van der Waals surface area contributed by atoms with Crippen LogP contribution in [0.15, 0.2) is 0 Å². The molecule has 6 heteroatoms. The van der Waals surface area contributed by atoms with Crippen LogP contribution in [-0.2, 0) is 9.53 Å². The number of halogens is 1. The van der Waals surface area contributed by atoms with E-state index in [9.17, 15) is 4.79 Å². The van der Waals surface area contributed by atoms with Crippen LogP contribution in [0.3, 0.4) is 0 Å². The van der Waals surface area contributed by atoms with Crippen molar-refractivity contribution < 1.29 is 9.53 Å². The Labute approximate surface area is 100 Å². The molecule has 2 saturated heterocycles. The summed E-state index contributed by atoms with van der Waals surface area (Å²) in [6, 6.07) is 0.197. The quantitative estimate of drug-likeness (QED) is 0.746. The van der Waals surface area contributed by atoms with E-state index < -0.39 is 0 Å². The topological polar surface area (TPSA) is 50.4 Å². The Morgan fingerprint density at radius 1 is 1.60 bits per heavy atom. The molecule has 2 aliphatic heterocycles. The number of carbonyl (C=O) groups is 1. The molecule has 3 atom stereocenters. The Bertz CT molecular complexity index is 224. The molecule has 15 heavy (non-hydrogen) atoms. The van der Waals surface area contributed by atoms with E-state index in [4.69, 9.17) is 4.74 Å². The molecule has 0 spiro atoms. The van der Waals surface area contributed by atoms with Crippen LogP contribution in [0, 0.1) is 0 Å². The van der Waals surface area contributed by atoms with E-state index >= 15 is 0 Å². The zero-order chi connectivity index (χ0) is 9.97. The first-order valence-corrected chi connectivity index (χ1v) is 6.16. The number of amides is 1. The van der Waals surface area contributed by atoms with E-state index in [1.165, 1.54) is 0 Å². The van der Waals surface area contributed by atoms with E-state index in [2.05, 4.69) is 10.6 Å². The lowest BCUT2D eigenvalue weighted by Crippen LogP contribution is -2.48. The van der Waals surface area contributed by atoms with Crippen molar-refractivity contribution in [3.63, 3.8) is 0 Å². The molecule has 0 aliphatic carbocycles. The second-order valence-electron chi connectivity index (χ2n) is 3.75. The zero-order valence-corrected chi connectivity index (χ0v) is 10.3. The maximum absolute atomic E-state index is 11.7. The molecule has 0 aromatic carbocycles. The molecule has 0 aromatic heterocycles. The molecule has 4 nitrogen and oxygen atoms in total. The summed E-state index contributed by atoms with van der Waals surface area (Å²) in [6.45, 7) is 2.77. The van der Waals surface area contributed by atoms with Crippen molar-refractivity contribution in [3.8, 4) is 0 Å². The molecule has 3 unspecified atom stereocenters. The SMILES string of the molecule is CC1OCCC1NC(=O)C1CSCN1.Cl. The van der Waals surface area contributed by atoms with Crippen LogP contribution in [0.2, 0.25) is 0 Å². The summed E-state index contributed by atoms with van der Waals surface area (Å²) in [5.74, 6) is 1.89. The van der Waals surface area contributed by atoms with Gasteiger partial charge in [-0.15, -0.1) is 24.2 Å². The van der Waals surface area contributed by atoms with Crippen LogP contribution in [0.5, 0.6) is 0 Å². The van der Waals surface area contributed by atoms with Gasteiger partial charge in [0.1, 0.15) is 0 Å². The Hall–Kier alpha value is 0.0300. The summed E-state index contributed by atoms with van der Waals surface area (Å²) in [7, 11) is 0. The maximum Gasteiger partial charge on any atom is 0.238 e. The van der Waals surface area contributed by atoms with E-state index in [0.29, 0.717) is 0 Å². The summed E-state index contributed by atoms with van der Waals surface area (Å²) >= 11 is 1.77. The van der Waals surface area contributed by atoms with Crippen molar-refractivity contribution >= 4 is 30.1 Å². The van der Waals surface area contributed by atoms with E-state index in [1.807, 2.05) is 6.92 Å². The lowest BCUT2D eigenvalue weighted by Gasteiger charge is -2.18. The van der Waals surface area contributed by atoms with Gasteiger partial charge in [-0.05, 0) is 13.3 Å². The van der Waals surface area contributed by atoms with Gasteiger partial charge in [0, 0.05) is 18.2 Å². The second-order valence-corrected chi connectivity index (χ2v) is 4.78. The van der Waals surface area contributed by atoms with Gasteiger partial charge in [0.25, 0.3) is 0 Å². The molecule has 2 heterocycles. The smallest absolute Gasteiger partial charge is 0.238 e. The third kappa shape index (κ3) is 3.24. The van der Waals surface area contributed by atoms with Crippen LogP contribution in [0.25, 0.3) is 0 Å². The largest absolute Gasteiger partial charge is 0.376 e. The minimum Gasteiger partial charge on any atom is -0.376 e. The van der Waals surface area contributed by atoms with E-state index in [1.54, 1.807) is 11.8 Å². The van der Waals surface area contributed by atoms with Crippen LogP contribution < -0.4 is 10.6 Å². The lowest BCUT2D eigenvalue weighted by molar-refractivity contribution is -0.123. The Morgan fingerprint density at radius 3 is 2.93 bits per heavy atom. The molecule has 88 valence electrons. The summed E-state index contributed by atoms with van der Waals surface area (Å²) in [6.07, 6.45) is 1.10. The molecular formula is C9H17ClN2O2S. The third-order valence-electron chi connectivity index (χ3n) is 2.74. The molecule has 0 saturated carbocycles. The number of hydrogen-bond donors (Lipinski definition) is 2. The minimum atomic E-state index is -0.00667. The molecule has 2 rings (SSSR count). The average molecular weight is 253 g/mol. The molecule has 0 bridgehead atoms. The molecule has 2 aliphatic rings. The number of nitrogens with one attached hydrogen (secondary N) is 2. The minimum absolute atomic E-state index is 0. The highest BCUT2D eigenvalue weighted by Gasteiger charge is 2.29. The molecule has 0 aromatic rings. The Kier molecular flexibility index (Phi) is 5.18. The fourth-order valence-corrected chi connectivity index (χ4v) is 2.71. The highest BCUT2D eigenvalue weighted by Crippen LogP contribution is 2.14. The second kappa shape index (κ2) is 5.94. The Balaban J connectivity index is 0.00000112. The Morgan fingerprint density at radius 2 is 2.40 bits per heavy atom. The van der Waals surface area contributed by atoms with Gasteiger partial charge in [0.05, 0.1) is 18.2 Å². The summed E-state index contributed by atoms with van der Waals surface area (Å²) < 4.78 is 5.39. The van der Waals surface area contributed by atoms with Crippen molar-refractivity contribution in [3.05, 3.63) is 0 Å².